The van der Waals surface area contributed by atoms with E-state index in [9.17, 15) is 4.79 Å². The molecule has 0 aliphatic rings. The van der Waals surface area contributed by atoms with Crippen molar-refractivity contribution in [1.82, 2.24) is 0 Å². The van der Waals surface area contributed by atoms with Crippen LogP contribution in [0.25, 0.3) is 12.2 Å². The van der Waals surface area contributed by atoms with Crippen molar-refractivity contribution < 1.29 is 26.5 Å². The highest BCUT2D eigenvalue weighted by Gasteiger charge is 2.09. The van der Waals surface area contributed by atoms with Crippen molar-refractivity contribution in [2.45, 2.75) is 41.2 Å². The number of rotatable bonds is 5. The molecule has 2 rings (SSSR count). The molecule has 138 valence electrons. The second-order valence-electron chi connectivity index (χ2n) is 5.38. The molecule has 0 fully saturated rings. The normalized spacial score (nSPS) is 10.8. The van der Waals surface area contributed by atoms with Crippen molar-refractivity contribution in [2.24, 2.45) is 7.05 Å². The molecule has 0 aliphatic heterocycles. The van der Waals surface area contributed by atoms with Crippen LogP contribution in [0.15, 0.2) is 48.8 Å². The van der Waals surface area contributed by atoms with Crippen LogP contribution in [-0.2, 0) is 11.8 Å². The van der Waals surface area contributed by atoms with Gasteiger partial charge in [0.25, 0.3) is 0 Å². The first-order chi connectivity index (χ1) is 10.6. The average molecular weight is 364 g/mol. The fourth-order valence-electron chi connectivity index (χ4n) is 1.88. The smallest absolute Gasteiger partial charge is 0.338 e. The Morgan fingerprint density at radius 2 is 1.52 bits per heavy atom. The Bertz CT molecular complexity index is 649. The molecule has 0 saturated heterocycles. The lowest BCUT2D eigenvalue weighted by atomic mass is 10.1. The topological polar surface area (TPSA) is 30.2 Å². The Hall–Kier alpha value is -2.13. The molecule has 4 heteroatoms. The van der Waals surface area contributed by atoms with Crippen LogP contribution in [0.2, 0.25) is 0 Å². The molecule has 1 aromatic carbocycles. The number of aromatic nitrogens is 1. The summed E-state index contributed by atoms with van der Waals surface area (Å²) in [5.74, 6) is -0.263. The third kappa shape index (κ3) is 7.99. The van der Waals surface area contributed by atoms with Gasteiger partial charge in [0.1, 0.15) is 7.05 Å². The zero-order chi connectivity index (χ0) is 15.9. The Balaban J connectivity index is 0. The van der Waals surface area contributed by atoms with Crippen LogP contribution in [0.4, 0.5) is 0 Å². The lowest BCUT2D eigenvalue weighted by Gasteiger charge is -2.10. The monoisotopic (exact) mass is 363 g/mol. The summed E-state index contributed by atoms with van der Waals surface area (Å²) in [7, 11) is 1.99. The Labute approximate surface area is 158 Å². The van der Waals surface area contributed by atoms with Crippen LogP contribution in [0, 0.1) is 0 Å². The van der Waals surface area contributed by atoms with Gasteiger partial charge in [-0.25, -0.2) is 9.36 Å². The van der Waals surface area contributed by atoms with Gasteiger partial charge in [-0.05, 0) is 36.6 Å². The summed E-state index contributed by atoms with van der Waals surface area (Å²) in [6.45, 7) is 3.89. The van der Waals surface area contributed by atoms with Crippen LogP contribution in [0.1, 0.15) is 56.6 Å². The van der Waals surface area contributed by atoms with E-state index < -0.39 is 0 Å². The largest absolute Gasteiger partial charge is 1.00 e. The van der Waals surface area contributed by atoms with Crippen molar-refractivity contribution in [3.63, 3.8) is 0 Å². The zero-order valence-corrected chi connectivity index (χ0v) is 14.5. The quantitative estimate of drug-likeness (QED) is 0.600. The maximum atomic E-state index is 11.9. The number of carbonyl (C=O) groups excluding carboxylic acids is 1. The maximum absolute atomic E-state index is 11.9. The lowest BCUT2D eigenvalue weighted by molar-refractivity contribution is -0.671. The van der Waals surface area contributed by atoms with Gasteiger partial charge >= 0.3 is 5.97 Å². The van der Waals surface area contributed by atoms with Gasteiger partial charge < -0.3 is 17.1 Å². The zero-order valence-electron chi connectivity index (χ0n) is 13.7. The van der Waals surface area contributed by atoms with Crippen molar-refractivity contribution in [1.29, 1.82) is 0 Å². The Morgan fingerprint density at radius 3 is 2.00 bits per heavy atom. The minimum Gasteiger partial charge on any atom is -1.00 e. The van der Waals surface area contributed by atoms with Gasteiger partial charge in [-0.2, -0.15) is 0 Å². The fourth-order valence-corrected chi connectivity index (χ4v) is 1.88. The predicted octanol–water partition coefficient (Wildman–Crippen LogP) is 1.91. The highest BCUT2D eigenvalue weighted by atomic mass is 35.5. The van der Waals surface area contributed by atoms with Crippen LogP contribution >= 0.6 is 0 Å². The van der Waals surface area contributed by atoms with E-state index in [1.165, 1.54) is 0 Å². The molecule has 25 heavy (non-hydrogen) atoms. The number of hydrogen-bond donors (Lipinski definition) is 0. The SMILES string of the molecule is C.C.CCC(C)OC(=O)c1ccc(C=Cc2cc[n+](C)cc2)cc1.[Cl-]. The summed E-state index contributed by atoms with van der Waals surface area (Å²) in [5, 5.41) is 0. The van der Waals surface area contributed by atoms with Crippen LogP contribution in [-0.4, -0.2) is 12.1 Å². The lowest BCUT2D eigenvalue weighted by Crippen LogP contribution is -3.00. The first-order valence-electron chi connectivity index (χ1n) is 7.53. The molecule has 1 atom stereocenters. The summed E-state index contributed by atoms with van der Waals surface area (Å²) in [6.07, 6.45) is 8.86. The van der Waals surface area contributed by atoms with E-state index in [1.807, 2.05) is 74.3 Å². The summed E-state index contributed by atoms with van der Waals surface area (Å²) in [6, 6.07) is 11.5. The summed E-state index contributed by atoms with van der Waals surface area (Å²) in [5.41, 5.74) is 2.77. The molecule has 0 N–H and O–H groups in total. The highest BCUT2D eigenvalue weighted by molar-refractivity contribution is 5.89. The van der Waals surface area contributed by atoms with Crippen molar-refractivity contribution in [3.05, 3.63) is 65.5 Å². The van der Waals surface area contributed by atoms with E-state index in [0.29, 0.717) is 5.56 Å². The number of benzene rings is 1. The van der Waals surface area contributed by atoms with Crippen molar-refractivity contribution >= 4 is 18.1 Å². The molecule has 0 radical (unpaired) electrons. The molecule has 1 heterocycles. The van der Waals surface area contributed by atoms with E-state index in [4.69, 9.17) is 4.74 Å². The van der Waals surface area contributed by atoms with E-state index in [0.717, 1.165) is 17.5 Å². The minimum atomic E-state index is -0.263. The number of carbonyl (C=O) groups is 1. The molecule has 0 bridgehead atoms. The minimum absolute atomic E-state index is 0. The molecular weight excluding hydrogens is 334 g/mol. The van der Waals surface area contributed by atoms with Gasteiger partial charge in [0.05, 0.1) is 11.7 Å². The number of pyridine rings is 1. The fraction of sp³-hybridized carbons (Fsp3) is 0.333. The molecule has 0 aliphatic carbocycles. The highest BCUT2D eigenvalue weighted by Crippen LogP contribution is 2.11. The number of halogens is 1. The maximum Gasteiger partial charge on any atom is 0.338 e. The molecule has 0 saturated carbocycles. The summed E-state index contributed by atoms with van der Waals surface area (Å²) in [4.78, 5) is 11.9. The van der Waals surface area contributed by atoms with Gasteiger partial charge in [0.15, 0.2) is 12.4 Å². The van der Waals surface area contributed by atoms with E-state index >= 15 is 0 Å². The van der Waals surface area contributed by atoms with E-state index in [1.54, 1.807) is 12.1 Å². The Morgan fingerprint density at radius 1 is 1.04 bits per heavy atom. The third-order valence-corrected chi connectivity index (χ3v) is 3.50. The molecule has 1 aromatic heterocycles. The first kappa shape index (κ1) is 25.1. The van der Waals surface area contributed by atoms with Gasteiger partial charge in [-0.15, -0.1) is 0 Å². The Kier molecular flexibility index (Phi) is 12.3. The average Bonchev–Trinajstić information content (AvgIpc) is 2.54. The van der Waals surface area contributed by atoms with Crippen LogP contribution < -0.4 is 17.0 Å². The molecule has 2 aromatic rings. The van der Waals surface area contributed by atoms with Crippen LogP contribution in [0.5, 0.6) is 0 Å². The van der Waals surface area contributed by atoms with Gasteiger partial charge in [-0.3, -0.25) is 0 Å². The first-order valence-corrected chi connectivity index (χ1v) is 7.53. The second kappa shape index (κ2) is 12.3. The van der Waals surface area contributed by atoms with Crippen molar-refractivity contribution in [2.75, 3.05) is 0 Å². The summed E-state index contributed by atoms with van der Waals surface area (Å²) < 4.78 is 7.30. The molecular formula is C21H30ClNO2. The van der Waals surface area contributed by atoms with Gasteiger partial charge in [-0.1, -0.05) is 46.1 Å². The van der Waals surface area contributed by atoms with Crippen molar-refractivity contribution in [3.8, 4) is 0 Å². The standard InChI is InChI=1S/C19H22NO2.2CH4.ClH/c1-4-15(2)22-19(21)18-9-7-16(8-10-18)5-6-17-11-13-20(3)14-12-17;;;/h5-15H,4H2,1-3H3;2*1H4;1H/q+1;;;/p-1. The summed E-state index contributed by atoms with van der Waals surface area (Å²) >= 11 is 0. The number of aryl methyl sites for hydroxylation is 1. The second-order valence-corrected chi connectivity index (χ2v) is 5.38. The molecule has 3 nitrogen and oxygen atoms in total. The van der Waals surface area contributed by atoms with E-state index in [2.05, 4.69) is 0 Å². The number of ether oxygens (including phenoxy) is 1. The number of esters is 1. The van der Waals surface area contributed by atoms with E-state index in [-0.39, 0.29) is 39.3 Å². The number of nitrogens with zero attached hydrogens (tertiary/aromatic N) is 1. The molecule has 0 amide bonds. The molecule has 0 spiro atoms. The number of hydrogen-bond acceptors (Lipinski definition) is 2. The predicted molar refractivity (Wildman–Crippen MR) is 102 cm³/mol. The van der Waals surface area contributed by atoms with Gasteiger partial charge in [0.2, 0.25) is 0 Å². The molecule has 1 unspecified atom stereocenters. The third-order valence-electron chi connectivity index (χ3n) is 3.50. The van der Waals surface area contributed by atoms with Gasteiger partial charge in [0, 0.05) is 12.1 Å². The van der Waals surface area contributed by atoms with Crippen LogP contribution in [0.3, 0.4) is 0 Å².